The van der Waals surface area contributed by atoms with Crippen LogP contribution in [0.2, 0.25) is 0 Å². The molecular weight excluding hydrogens is 775 g/mol. The average molecular weight is 816 g/mol. The van der Waals surface area contributed by atoms with Gasteiger partial charge in [0.25, 0.3) is 0 Å². The van der Waals surface area contributed by atoms with Gasteiger partial charge >= 0.3 is 0 Å². The predicted molar refractivity (Wildman–Crippen MR) is 271 cm³/mol. The first kappa shape index (κ1) is 37.3. The Bertz CT molecular complexity index is 3600. The van der Waals surface area contributed by atoms with Crippen molar-refractivity contribution in [3.63, 3.8) is 0 Å². The minimum atomic E-state index is 0.876. The molecule has 1 aromatic heterocycles. The SMILES string of the molecule is c1ccc(-c2cc3ccccc3o2)c(-c2ccc(-c3ccc(N(c4ccc(-c5ccc6ccccc6c5)cc4)c4ccc(-c5ccc6c(ccc7ccccc76)c5)cc4)cc3)cc2)c1. The molecule has 0 spiro atoms. The molecule has 0 atom stereocenters. The summed E-state index contributed by atoms with van der Waals surface area (Å²) in [5, 5.41) is 8.67. The third-order valence-corrected chi connectivity index (χ3v) is 12.7. The monoisotopic (exact) mass is 815 g/mol. The van der Waals surface area contributed by atoms with Crippen LogP contribution in [0.15, 0.2) is 253 Å². The molecule has 0 aliphatic rings. The van der Waals surface area contributed by atoms with Crippen molar-refractivity contribution in [3.8, 4) is 55.8 Å². The fraction of sp³-hybridized carbons (Fsp3) is 0. The molecule has 12 aromatic rings. The highest BCUT2D eigenvalue weighted by molar-refractivity contribution is 6.08. The maximum Gasteiger partial charge on any atom is 0.136 e. The molecule has 0 amide bonds. The molecule has 64 heavy (non-hydrogen) atoms. The molecule has 1 heterocycles. The summed E-state index contributed by atoms with van der Waals surface area (Å²) in [6.45, 7) is 0. The Morgan fingerprint density at radius 1 is 0.250 bits per heavy atom. The topological polar surface area (TPSA) is 16.4 Å². The van der Waals surface area contributed by atoms with Gasteiger partial charge in [0.05, 0.1) is 0 Å². The van der Waals surface area contributed by atoms with E-state index in [2.05, 4.69) is 235 Å². The standard InChI is InChI=1S/C62H41NO/c1-2-11-49-39-50(23-19-42(49)9-1)45-27-34-55(35-28-45)63(56-36-29-46(30-37-56)51-31-38-59-52(40-51)24-22-47-10-3-5-13-57(47)59)54-32-25-44(26-33-54)43-17-20-48(21-18-43)58-14-6-7-15-60(58)62-41-53-12-4-8-16-61(53)64-62/h1-41H. The Morgan fingerprint density at radius 3 is 1.33 bits per heavy atom. The third kappa shape index (κ3) is 6.88. The van der Waals surface area contributed by atoms with Crippen LogP contribution in [-0.2, 0) is 0 Å². The van der Waals surface area contributed by atoms with Crippen molar-refractivity contribution in [1.29, 1.82) is 0 Å². The Hall–Kier alpha value is -8.46. The molecule has 0 unspecified atom stereocenters. The zero-order valence-electron chi connectivity index (χ0n) is 35.0. The van der Waals surface area contributed by atoms with Gasteiger partial charge in [-0.25, -0.2) is 0 Å². The lowest BCUT2D eigenvalue weighted by molar-refractivity contribution is 0.632. The summed E-state index contributed by atoms with van der Waals surface area (Å²) in [4.78, 5) is 2.35. The van der Waals surface area contributed by atoms with Crippen LogP contribution >= 0.6 is 0 Å². The van der Waals surface area contributed by atoms with E-state index in [9.17, 15) is 0 Å². The van der Waals surface area contributed by atoms with Crippen LogP contribution in [0, 0.1) is 0 Å². The maximum absolute atomic E-state index is 6.29. The fourth-order valence-electron chi connectivity index (χ4n) is 9.32. The Balaban J connectivity index is 0.868. The van der Waals surface area contributed by atoms with Crippen LogP contribution in [0.5, 0.6) is 0 Å². The van der Waals surface area contributed by atoms with Gasteiger partial charge in [-0.3, -0.25) is 0 Å². The van der Waals surface area contributed by atoms with Gasteiger partial charge in [0.1, 0.15) is 11.3 Å². The molecular formula is C62H41NO. The van der Waals surface area contributed by atoms with Crippen molar-refractivity contribution in [2.24, 2.45) is 0 Å². The number of hydrogen-bond donors (Lipinski definition) is 0. The highest BCUT2D eigenvalue weighted by atomic mass is 16.3. The first-order valence-corrected chi connectivity index (χ1v) is 21.9. The number of hydrogen-bond acceptors (Lipinski definition) is 2. The largest absolute Gasteiger partial charge is 0.456 e. The minimum absolute atomic E-state index is 0.876. The number of fused-ring (bicyclic) bond motifs is 5. The van der Waals surface area contributed by atoms with Crippen LogP contribution in [0.1, 0.15) is 0 Å². The van der Waals surface area contributed by atoms with Gasteiger partial charge in [0.2, 0.25) is 0 Å². The van der Waals surface area contributed by atoms with E-state index in [0.717, 1.165) is 61.6 Å². The van der Waals surface area contributed by atoms with Crippen LogP contribution in [0.25, 0.3) is 99.1 Å². The molecule has 300 valence electrons. The second-order valence-corrected chi connectivity index (χ2v) is 16.5. The summed E-state index contributed by atoms with van der Waals surface area (Å²) in [6.07, 6.45) is 0. The summed E-state index contributed by atoms with van der Waals surface area (Å²) in [5.41, 5.74) is 14.6. The molecule has 0 bridgehead atoms. The van der Waals surface area contributed by atoms with E-state index in [0.29, 0.717) is 0 Å². The van der Waals surface area contributed by atoms with Gasteiger partial charge in [-0.05, 0) is 137 Å². The number of nitrogens with zero attached hydrogens (tertiary/aromatic N) is 1. The molecule has 0 aliphatic heterocycles. The molecule has 2 nitrogen and oxygen atoms in total. The number of benzene rings is 11. The van der Waals surface area contributed by atoms with E-state index in [4.69, 9.17) is 4.42 Å². The molecule has 0 saturated carbocycles. The van der Waals surface area contributed by atoms with E-state index in [-0.39, 0.29) is 0 Å². The number of furan rings is 1. The lowest BCUT2D eigenvalue weighted by atomic mass is 9.95. The zero-order valence-corrected chi connectivity index (χ0v) is 35.0. The van der Waals surface area contributed by atoms with E-state index in [1.165, 1.54) is 54.6 Å². The van der Waals surface area contributed by atoms with E-state index >= 15 is 0 Å². The Morgan fingerprint density at radius 2 is 0.672 bits per heavy atom. The van der Waals surface area contributed by atoms with Crippen molar-refractivity contribution in [2.75, 3.05) is 4.90 Å². The highest BCUT2D eigenvalue weighted by Crippen LogP contribution is 2.40. The van der Waals surface area contributed by atoms with Crippen molar-refractivity contribution in [1.82, 2.24) is 0 Å². The van der Waals surface area contributed by atoms with Crippen LogP contribution < -0.4 is 4.90 Å². The summed E-state index contributed by atoms with van der Waals surface area (Å²) in [5.74, 6) is 0.876. The Kier molecular flexibility index (Phi) is 9.20. The number of anilines is 3. The second kappa shape index (κ2) is 15.8. The van der Waals surface area contributed by atoms with E-state index in [1.54, 1.807) is 0 Å². The lowest BCUT2D eigenvalue weighted by Crippen LogP contribution is -2.09. The second-order valence-electron chi connectivity index (χ2n) is 16.5. The van der Waals surface area contributed by atoms with Gasteiger partial charge in [0.15, 0.2) is 0 Å². The number of rotatable bonds is 8. The smallest absolute Gasteiger partial charge is 0.136 e. The first-order chi connectivity index (χ1) is 31.7. The average Bonchev–Trinajstić information content (AvgIpc) is 3.81. The first-order valence-electron chi connectivity index (χ1n) is 21.9. The van der Waals surface area contributed by atoms with Crippen molar-refractivity contribution in [3.05, 3.63) is 249 Å². The molecule has 2 heteroatoms. The minimum Gasteiger partial charge on any atom is -0.456 e. The molecule has 0 aliphatic carbocycles. The summed E-state index contributed by atoms with van der Waals surface area (Å²) in [7, 11) is 0. The fourth-order valence-corrected chi connectivity index (χ4v) is 9.32. The van der Waals surface area contributed by atoms with E-state index in [1.807, 2.05) is 18.2 Å². The Labute approximate surface area is 372 Å². The number of para-hydroxylation sites is 1. The van der Waals surface area contributed by atoms with Gasteiger partial charge in [-0.1, -0.05) is 188 Å². The van der Waals surface area contributed by atoms with Crippen molar-refractivity contribution < 1.29 is 4.42 Å². The molecule has 12 rings (SSSR count). The van der Waals surface area contributed by atoms with E-state index < -0.39 is 0 Å². The normalized spacial score (nSPS) is 11.4. The molecule has 0 N–H and O–H groups in total. The lowest BCUT2D eigenvalue weighted by Gasteiger charge is -2.26. The van der Waals surface area contributed by atoms with Crippen LogP contribution in [-0.4, -0.2) is 0 Å². The summed E-state index contributed by atoms with van der Waals surface area (Å²) < 4.78 is 6.29. The van der Waals surface area contributed by atoms with Gasteiger partial charge in [0, 0.05) is 28.0 Å². The molecule has 11 aromatic carbocycles. The van der Waals surface area contributed by atoms with Gasteiger partial charge < -0.3 is 9.32 Å². The van der Waals surface area contributed by atoms with Gasteiger partial charge in [-0.15, -0.1) is 0 Å². The summed E-state index contributed by atoms with van der Waals surface area (Å²) >= 11 is 0. The molecule has 0 radical (unpaired) electrons. The third-order valence-electron chi connectivity index (χ3n) is 12.7. The molecule has 0 fully saturated rings. The van der Waals surface area contributed by atoms with Crippen molar-refractivity contribution >= 4 is 60.3 Å². The maximum atomic E-state index is 6.29. The van der Waals surface area contributed by atoms with Crippen molar-refractivity contribution in [2.45, 2.75) is 0 Å². The quantitative estimate of drug-likeness (QED) is 0.142. The predicted octanol–water partition coefficient (Wildman–Crippen LogP) is 17.7. The van der Waals surface area contributed by atoms with Crippen LogP contribution in [0.3, 0.4) is 0 Å². The summed E-state index contributed by atoms with van der Waals surface area (Å²) in [6, 6.07) is 89.7. The van der Waals surface area contributed by atoms with Gasteiger partial charge in [-0.2, -0.15) is 0 Å². The molecule has 0 saturated heterocycles. The highest BCUT2D eigenvalue weighted by Gasteiger charge is 2.16. The zero-order chi connectivity index (χ0) is 42.4. The van der Waals surface area contributed by atoms with Crippen LogP contribution in [0.4, 0.5) is 17.1 Å².